The predicted octanol–water partition coefficient (Wildman–Crippen LogP) is 4.84. The number of nitrogens with zero attached hydrogens (tertiary/aromatic N) is 3. The molecule has 0 fully saturated rings. The van der Waals surface area contributed by atoms with Crippen molar-refractivity contribution in [2.75, 3.05) is 7.11 Å². The third-order valence-corrected chi connectivity index (χ3v) is 6.34. The Kier molecular flexibility index (Phi) is 7.64. The zero-order chi connectivity index (χ0) is 21.7. The van der Waals surface area contributed by atoms with Crippen LogP contribution in [0.1, 0.15) is 29.9 Å². The molecule has 1 N–H and O–H groups in total. The van der Waals surface area contributed by atoms with E-state index < -0.39 is 0 Å². The summed E-state index contributed by atoms with van der Waals surface area (Å²) >= 11 is 13.6. The lowest BCUT2D eigenvalue weighted by molar-refractivity contribution is -0.121. The van der Waals surface area contributed by atoms with Crippen molar-refractivity contribution in [3.05, 3.63) is 69.5 Å². The van der Waals surface area contributed by atoms with Crippen LogP contribution in [0, 0.1) is 0 Å². The lowest BCUT2D eigenvalue weighted by Crippen LogP contribution is -2.29. The van der Waals surface area contributed by atoms with Crippen LogP contribution in [0.4, 0.5) is 0 Å². The molecule has 1 amide bonds. The van der Waals surface area contributed by atoms with Gasteiger partial charge in [-0.05, 0) is 42.3 Å². The Morgan fingerprint density at radius 1 is 1.13 bits per heavy atom. The number of hydrogen-bond donors (Lipinski definition) is 1. The van der Waals surface area contributed by atoms with Gasteiger partial charge in [-0.3, -0.25) is 4.79 Å². The number of carbonyl (C=O) groups excluding carboxylic acids is 1. The quantitative estimate of drug-likeness (QED) is 0.482. The molecule has 0 spiro atoms. The van der Waals surface area contributed by atoms with Crippen molar-refractivity contribution in [1.29, 1.82) is 0 Å². The van der Waals surface area contributed by atoms with Crippen LogP contribution in [0.3, 0.4) is 0 Å². The van der Waals surface area contributed by atoms with E-state index >= 15 is 0 Å². The van der Waals surface area contributed by atoms with Crippen LogP contribution in [0.25, 0.3) is 0 Å². The van der Waals surface area contributed by atoms with E-state index in [2.05, 4.69) is 15.5 Å². The molecule has 0 aliphatic heterocycles. The molecule has 0 unspecified atom stereocenters. The normalized spacial score (nSPS) is 11.9. The molecule has 1 aromatic heterocycles. The van der Waals surface area contributed by atoms with E-state index in [0.717, 1.165) is 22.0 Å². The third kappa shape index (κ3) is 5.68. The molecule has 0 aliphatic rings. The summed E-state index contributed by atoms with van der Waals surface area (Å²) in [7, 11) is 3.50. The summed E-state index contributed by atoms with van der Waals surface area (Å²) in [6, 6.07) is 12.7. The lowest BCUT2D eigenvalue weighted by atomic mass is 10.1. The summed E-state index contributed by atoms with van der Waals surface area (Å²) in [5, 5.41) is 13.3. The molecule has 1 heterocycles. The first-order valence-electron chi connectivity index (χ1n) is 9.25. The summed E-state index contributed by atoms with van der Waals surface area (Å²) in [6.07, 6.45) is 0.283. The molecule has 0 bridgehead atoms. The molecular formula is C21H22Cl2N4O2S. The first-order valence-corrected chi connectivity index (χ1v) is 11.0. The van der Waals surface area contributed by atoms with Gasteiger partial charge >= 0.3 is 0 Å². The van der Waals surface area contributed by atoms with Crippen LogP contribution in [0.5, 0.6) is 5.75 Å². The number of rotatable bonds is 8. The van der Waals surface area contributed by atoms with E-state index in [-0.39, 0.29) is 18.4 Å². The van der Waals surface area contributed by atoms with Crippen molar-refractivity contribution in [3.8, 4) is 5.75 Å². The van der Waals surface area contributed by atoms with Crippen LogP contribution in [-0.4, -0.2) is 27.8 Å². The van der Waals surface area contributed by atoms with Crippen LogP contribution in [0.15, 0.2) is 47.6 Å². The number of carbonyl (C=O) groups is 1. The summed E-state index contributed by atoms with van der Waals surface area (Å²) in [5.74, 6) is 2.05. The average Bonchev–Trinajstić information content (AvgIpc) is 3.10. The van der Waals surface area contributed by atoms with E-state index in [0.29, 0.717) is 21.6 Å². The minimum absolute atomic E-state index is 0.0827. The number of hydrogen-bond acceptors (Lipinski definition) is 5. The van der Waals surface area contributed by atoms with E-state index in [1.807, 2.05) is 54.9 Å². The van der Waals surface area contributed by atoms with Gasteiger partial charge in [0.15, 0.2) is 11.0 Å². The fraction of sp³-hybridized carbons (Fsp3) is 0.286. The van der Waals surface area contributed by atoms with Crippen LogP contribution in [-0.2, 0) is 24.0 Å². The molecule has 0 saturated carbocycles. The average molecular weight is 465 g/mol. The maximum Gasteiger partial charge on any atom is 0.224 e. The molecule has 1 atom stereocenters. The minimum atomic E-state index is -0.271. The Balaban J connectivity index is 1.58. The molecule has 158 valence electrons. The van der Waals surface area contributed by atoms with Crippen molar-refractivity contribution < 1.29 is 9.53 Å². The summed E-state index contributed by atoms with van der Waals surface area (Å²) in [4.78, 5) is 12.4. The molecule has 3 aromatic rings. The molecule has 0 aliphatic carbocycles. The fourth-order valence-corrected chi connectivity index (χ4v) is 4.07. The van der Waals surface area contributed by atoms with Crippen molar-refractivity contribution in [2.45, 2.75) is 30.3 Å². The third-order valence-electron chi connectivity index (χ3n) is 4.51. The van der Waals surface area contributed by atoms with Crippen LogP contribution in [0.2, 0.25) is 10.0 Å². The Morgan fingerprint density at radius 2 is 1.83 bits per heavy atom. The van der Waals surface area contributed by atoms with Gasteiger partial charge in [-0.1, -0.05) is 53.2 Å². The number of benzene rings is 2. The monoisotopic (exact) mass is 464 g/mol. The predicted molar refractivity (Wildman–Crippen MR) is 120 cm³/mol. The zero-order valence-electron chi connectivity index (χ0n) is 16.9. The van der Waals surface area contributed by atoms with Crippen molar-refractivity contribution >= 4 is 40.9 Å². The highest BCUT2D eigenvalue weighted by Crippen LogP contribution is 2.27. The first-order chi connectivity index (χ1) is 14.4. The topological polar surface area (TPSA) is 69.0 Å². The number of nitrogens with one attached hydrogen (secondary N) is 1. The molecule has 0 saturated heterocycles. The van der Waals surface area contributed by atoms with Crippen molar-refractivity contribution in [2.24, 2.45) is 7.05 Å². The zero-order valence-corrected chi connectivity index (χ0v) is 19.2. The van der Waals surface area contributed by atoms with Gasteiger partial charge in [-0.2, -0.15) is 0 Å². The van der Waals surface area contributed by atoms with E-state index in [9.17, 15) is 4.79 Å². The van der Waals surface area contributed by atoms with Crippen molar-refractivity contribution in [1.82, 2.24) is 20.1 Å². The van der Waals surface area contributed by atoms with Gasteiger partial charge < -0.3 is 14.6 Å². The number of thioether (sulfide) groups is 1. The Hall–Kier alpha value is -2.22. The largest absolute Gasteiger partial charge is 0.497 e. The Labute approximate surface area is 189 Å². The second-order valence-electron chi connectivity index (χ2n) is 6.75. The lowest BCUT2D eigenvalue weighted by Gasteiger charge is -2.14. The Morgan fingerprint density at radius 3 is 2.50 bits per heavy atom. The number of methoxy groups -OCH3 is 1. The van der Waals surface area contributed by atoms with Gasteiger partial charge in [-0.25, -0.2) is 0 Å². The molecule has 9 heteroatoms. The molecule has 2 aromatic carbocycles. The second-order valence-corrected chi connectivity index (χ2v) is 8.51. The van der Waals surface area contributed by atoms with Crippen molar-refractivity contribution in [3.63, 3.8) is 0 Å². The van der Waals surface area contributed by atoms with Gasteiger partial charge in [0.25, 0.3) is 0 Å². The van der Waals surface area contributed by atoms with Gasteiger partial charge in [-0.15, -0.1) is 10.2 Å². The fourth-order valence-electron chi connectivity index (χ4n) is 2.89. The second kappa shape index (κ2) is 10.2. The number of aromatic nitrogens is 3. The SMILES string of the molecule is COc1ccc(CC(=O)N[C@@H](C)c2nnc(SCc3ccc(Cl)c(Cl)c3)n2C)cc1. The van der Waals surface area contributed by atoms with E-state index in [4.69, 9.17) is 27.9 Å². The molecule has 30 heavy (non-hydrogen) atoms. The number of amides is 1. The number of halogens is 2. The van der Waals surface area contributed by atoms with Gasteiger partial charge in [0.1, 0.15) is 5.75 Å². The maximum atomic E-state index is 12.4. The number of ether oxygens (including phenoxy) is 1. The molecule has 6 nitrogen and oxygen atoms in total. The van der Waals surface area contributed by atoms with E-state index in [1.165, 1.54) is 0 Å². The minimum Gasteiger partial charge on any atom is -0.497 e. The highest BCUT2D eigenvalue weighted by atomic mass is 35.5. The van der Waals surface area contributed by atoms with E-state index in [1.54, 1.807) is 24.9 Å². The standard InChI is InChI=1S/C21H22Cl2N4O2S/c1-13(24-19(28)11-14-4-7-16(29-3)8-5-14)20-25-26-21(27(20)2)30-12-15-6-9-17(22)18(23)10-15/h4-10,13H,11-12H2,1-3H3,(H,24,28)/t13-/m0/s1. The maximum absolute atomic E-state index is 12.4. The summed E-state index contributed by atoms with van der Waals surface area (Å²) in [5.41, 5.74) is 1.95. The van der Waals surface area contributed by atoms with Gasteiger partial charge in [0.05, 0.1) is 29.6 Å². The first kappa shape index (κ1) is 22.5. The summed E-state index contributed by atoms with van der Waals surface area (Å²) in [6.45, 7) is 1.89. The summed E-state index contributed by atoms with van der Waals surface area (Å²) < 4.78 is 7.03. The highest BCUT2D eigenvalue weighted by Gasteiger charge is 2.18. The highest BCUT2D eigenvalue weighted by molar-refractivity contribution is 7.98. The van der Waals surface area contributed by atoms with Gasteiger partial charge in [0.2, 0.25) is 5.91 Å². The molecule has 3 rings (SSSR count). The van der Waals surface area contributed by atoms with Crippen LogP contribution < -0.4 is 10.1 Å². The molecule has 0 radical (unpaired) electrons. The van der Waals surface area contributed by atoms with Crippen LogP contribution >= 0.6 is 35.0 Å². The molecular weight excluding hydrogens is 443 g/mol. The smallest absolute Gasteiger partial charge is 0.224 e. The van der Waals surface area contributed by atoms with Gasteiger partial charge in [0, 0.05) is 12.8 Å². The Bertz CT molecular complexity index is 1020.